The van der Waals surface area contributed by atoms with Crippen LogP contribution in [0.2, 0.25) is 5.02 Å². The number of benzene rings is 1. The van der Waals surface area contributed by atoms with Crippen molar-refractivity contribution in [2.24, 2.45) is 0 Å². The van der Waals surface area contributed by atoms with Gasteiger partial charge in [0.15, 0.2) is 6.29 Å². The number of rotatable bonds is 2. The van der Waals surface area contributed by atoms with E-state index < -0.39 is 11.7 Å². The molecule has 0 atom stereocenters. The van der Waals surface area contributed by atoms with Crippen molar-refractivity contribution in [1.29, 1.82) is 0 Å². The second-order valence-corrected chi connectivity index (χ2v) is 5.86. The molecule has 98 valence electrons. The van der Waals surface area contributed by atoms with E-state index in [2.05, 4.69) is 21.2 Å². The van der Waals surface area contributed by atoms with Crippen molar-refractivity contribution in [1.82, 2.24) is 0 Å². The van der Waals surface area contributed by atoms with Gasteiger partial charge in [-0.2, -0.15) is 0 Å². The molecule has 0 saturated heterocycles. The third-order valence-electron chi connectivity index (χ3n) is 1.86. The molecule has 0 aliphatic heterocycles. The molecular formula is C12H13BrClNO3. The van der Waals surface area contributed by atoms with Gasteiger partial charge in [0, 0.05) is 10.0 Å². The lowest BCUT2D eigenvalue weighted by molar-refractivity contribution is 0.0636. The molecule has 4 nitrogen and oxygen atoms in total. The predicted molar refractivity (Wildman–Crippen MR) is 74.4 cm³/mol. The Kier molecular flexibility index (Phi) is 4.76. The van der Waals surface area contributed by atoms with E-state index in [4.69, 9.17) is 16.3 Å². The normalized spacial score (nSPS) is 10.9. The Morgan fingerprint density at radius 3 is 2.56 bits per heavy atom. The van der Waals surface area contributed by atoms with Crippen molar-refractivity contribution in [2.75, 3.05) is 5.32 Å². The fourth-order valence-corrected chi connectivity index (χ4v) is 1.71. The first kappa shape index (κ1) is 15.0. The van der Waals surface area contributed by atoms with E-state index in [1.165, 1.54) is 12.1 Å². The molecule has 0 aliphatic rings. The summed E-state index contributed by atoms with van der Waals surface area (Å²) in [6, 6.07) is 3.02. The van der Waals surface area contributed by atoms with Crippen LogP contribution >= 0.6 is 27.5 Å². The Morgan fingerprint density at radius 2 is 2.06 bits per heavy atom. The van der Waals surface area contributed by atoms with Crippen molar-refractivity contribution in [3.05, 3.63) is 27.2 Å². The summed E-state index contributed by atoms with van der Waals surface area (Å²) in [6.45, 7) is 5.26. The van der Waals surface area contributed by atoms with Crippen molar-refractivity contribution in [3.63, 3.8) is 0 Å². The number of anilines is 1. The standard InChI is InChI=1S/C12H13BrClNO3/c1-12(2,3)18-11(17)15-10-5-9(14)8(13)4-7(10)6-16/h4-6H,1-3H3,(H,15,17). The van der Waals surface area contributed by atoms with Crippen LogP contribution in [0.25, 0.3) is 0 Å². The summed E-state index contributed by atoms with van der Waals surface area (Å²) in [5, 5.41) is 2.88. The second-order valence-electron chi connectivity index (χ2n) is 4.60. The Morgan fingerprint density at radius 1 is 1.44 bits per heavy atom. The molecule has 1 amide bonds. The van der Waals surface area contributed by atoms with E-state index in [-0.39, 0.29) is 0 Å². The minimum atomic E-state index is -0.635. The molecular weight excluding hydrogens is 321 g/mol. The number of amides is 1. The highest BCUT2D eigenvalue weighted by molar-refractivity contribution is 9.10. The minimum absolute atomic E-state index is 0.312. The van der Waals surface area contributed by atoms with Crippen LogP contribution in [0.4, 0.5) is 10.5 Å². The van der Waals surface area contributed by atoms with Gasteiger partial charge < -0.3 is 4.74 Å². The molecule has 1 N–H and O–H groups in total. The zero-order valence-corrected chi connectivity index (χ0v) is 12.6. The van der Waals surface area contributed by atoms with E-state index in [1.54, 1.807) is 20.8 Å². The molecule has 1 aromatic carbocycles. The minimum Gasteiger partial charge on any atom is -0.444 e. The highest BCUT2D eigenvalue weighted by atomic mass is 79.9. The molecule has 0 radical (unpaired) electrons. The van der Waals surface area contributed by atoms with Gasteiger partial charge in [0.25, 0.3) is 0 Å². The Balaban J connectivity index is 2.94. The van der Waals surface area contributed by atoms with Gasteiger partial charge >= 0.3 is 6.09 Å². The zero-order valence-electron chi connectivity index (χ0n) is 10.2. The van der Waals surface area contributed by atoms with Crippen LogP contribution in [0, 0.1) is 0 Å². The van der Waals surface area contributed by atoms with Gasteiger partial charge in [0.2, 0.25) is 0 Å². The van der Waals surface area contributed by atoms with E-state index in [1.807, 2.05) is 0 Å². The second kappa shape index (κ2) is 5.71. The first-order valence-electron chi connectivity index (χ1n) is 5.17. The lowest BCUT2D eigenvalue weighted by Crippen LogP contribution is -2.27. The molecule has 18 heavy (non-hydrogen) atoms. The lowest BCUT2D eigenvalue weighted by Gasteiger charge is -2.20. The number of carbonyl (C=O) groups excluding carboxylic acids is 2. The number of hydrogen-bond donors (Lipinski definition) is 1. The van der Waals surface area contributed by atoms with Gasteiger partial charge in [-0.05, 0) is 48.8 Å². The number of nitrogens with one attached hydrogen (secondary N) is 1. The Hall–Kier alpha value is -1.07. The van der Waals surface area contributed by atoms with Crippen LogP contribution in [-0.2, 0) is 4.74 Å². The molecule has 0 fully saturated rings. The number of aldehydes is 1. The van der Waals surface area contributed by atoms with Crippen molar-refractivity contribution >= 4 is 45.6 Å². The fourth-order valence-electron chi connectivity index (χ4n) is 1.18. The summed E-state index contributed by atoms with van der Waals surface area (Å²) >= 11 is 9.11. The molecule has 1 rings (SSSR count). The largest absolute Gasteiger partial charge is 0.444 e. The van der Waals surface area contributed by atoms with E-state index in [9.17, 15) is 9.59 Å². The molecule has 0 bridgehead atoms. The molecule has 6 heteroatoms. The first-order chi connectivity index (χ1) is 8.23. The van der Waals surface area contributed by atoms with Crippen molar-refractivity contribution in [3.8, 4) is 0 Å². The summed E-state index contributed by atoms with van der Waals surface area (Å²) in [5.41, 5.74) is 0.0227. The molecule has 0 spiro atoms. The third-order valence-corrected chi connectivity index (χ3v) is 3.05. The summed E-state index contributed by atoms with van der Waals surface area (Å²) in [6.07, 6.45) is -0.00247. The van der Waals surface area contributed by atoms with Gasteiger partial charge in [-0.1, -0.05) is 11.6 Å². The summed E-state index contributed by atoms with van der Waals surface area (Å²) < 4.78 is 5.67. The van der Waals surface area contributed by atoms with E-state index in [0.29, 0.717) is 27.0 Å². The summed E-state index contributed by atoms with van der Waals surface area (Å²) in [4.78, 5) is 22.5. The maximum Gasteiger partial charge on any atom is 0.412 e. The molecule has 0 unspecified atom stereocenters. The van der Waals surface area contributed by atoms with Gasteiger partial charge in [-0.3, -0.25) is 10.1 Å². The third kappa shape index (κ3) is 4.31. The highest BCUT2D eigenvalue weighted by Crippen LogP contribution is 2.28. The maximum absolute atomic E-state index is 11.6. The van der Waals surface area contributed by atoms with Crippen LogP contribution < -0.4 is 5.32 Å². The molecule has 0 aromatic heterocycles. The summed E-state index contributed by atoms with van der Waals surface area (Å²) in [7, 11) is 0. The number of hydrogen-bond acceptors (Lipinski definition) is 3. The first-order valence-corrected chi connectivity index (χ1v) is 6.34. The number of ether oxygens (including phenoxy) is 1. The number of halogens is 2. The Bertz CT molecular complexity index is 483. The van der Waals surface area contributed by atoms with E-state index in [0.717, 1.165) is 0 Å². The topological polar surface area (TPSA) is 55.4 Å². The molecule has 0 saturated carbocycles. The SMILES string of the molecule is CC(C)(C)OC(=O)Nc1cc(Cl)c(Br)cc1C=O. The van der Waals surface area contributed by atoms with Crippen LogP contribution in [0.1, 0.15) is 31.1 Å². The fraction of sp³-hybridized carbons (Fsp3) is 0.333. The monoisotopic (exact) mass is 333 g/mol. The molecule has 1 aromatic rings. The van der Waals surface area contributed by atoms with Crippen LogP contribution in [0.15, 0.2) is 16.6 Å². The Labute approximate surface area is 119 Å². The summed E-state index contributed by atoms with van der Waals surface area (Å²) in [5.74, 6) is 0. The van der Waals surface area contributed by atoms with Gasteiger partial charge in [0.05, 0.1) is 10.7 Å². The molecule has 0 heterocycles. The smallest absolute Gasteiger partial charge is 0.412 e. The quantitative estimate of drug-likeness (QED) is 0.822. The van der Waals surface area contributed by atoms with Gasteiger partial charge in [-0.25, -0.2) is 4.79 Å². The van der Waals surface area contributed by atoms with Crippen molar-refractivity contribution < 1.29 is 14.3 Å². The zero-order chi connectivity index (χ0) is 13.9. The van der Waals surface area contributed by atoms with Gasteiger partial charge in [0.1, 0.15) is 5.60 Å². The van der Waals surface area contributed by atoms with Crippen LogP contribution in [0.3, 0.4) is 0 Å². The van der Waals surface area contributed by atoms with Crippen LogP contribution in [-0.4, -0.2) is 18.0 Å². The van der Waals surface area contributed by atoms with E-state index >= 15 is 0 Å². The van der Waals surface area contributed by atoms with Gasteiger partial charge in [-0.15, -0.1) is 0 Å². The highest BCUT2D eigenvalue weighted by Gasteiger charge is 2.17. The average Bonchev–Trinajstić information content (AvgIpc) is 2.20. The maximum atomic E-state index is 11.6. The van der Waals surface area contributed by atoms with Crippen LogP contribution in [0.5, 0.6) is 0 Å². The van der Waals surface area contributed by atoms with Crippen molar-refractivity contribution in [2.45, 2.75) is 26.4 Å². The predicted octanol–water partition coefficient (Wildman–Crippen LogP) is 4.26. The number of carbonyl (C=O) groups is 2. The molecule has 0 aliphatic carbocycles. The average molecular weight is 335 g/mol. The lowest BCUT2D eigenvalue weighted by atomic mass is 10.2.